The van der Waals surface area contributed by atoms with Crippen molar-refractivity contribution in [1.82, 2.24) is 14.9 Å². The number of nitrogens with zero attached hydrogens (tertiary/aromatic N) is 4. The smallest absolute Gasteiger partial charge is 0.326 e. The zero-order valence-electron chi connectivity index (χ0n) is 20.5. The maximum absolute atomic E-state index is 14.0. The Balaban J connectivity index is 1.80. The summed E-state index contributed by atoms with van der Waals surface area (Å²) in [7, 11) is 0. The molecule has 2 aromatic carbocycles. The number of fused-ring (bicyclic) bond motifs is 1. The van der Waals surface area contributed by atoms with Gasteiger partial charge in [-0.1, -0.05) is 35.3 Å². The lowest BCUT2D eigenvalue weighted by molar-refractivity contribution is -0.139. The zero-order chi connectivity index (χ0) is 28.5. The molecule has 4 rings (SSSR count). The molecule has 1 aliphatic heterocycles. The summed E-state index contributed by atoms with van der Waals surface area (Å²) in [5.41, 5.74) is 5.13. The minimum Gasteiger partial charge on any atom is -0.480 e. The zero-order valence-corrected chi connectivity index (χ0v) is 22.0. The summed E-state index contributed by atoms with van der Waals surface area (Å²) in [6, 6.07) is 11.8. The van der Waals surface area contributed by atoms with Crippen molar-refractivity contribution in [2.24, 2.45) is 5.73 Å². The number of carboxylic acid groups (broad SMARTS) is 1. The summed E-state index contributed by atoms with van der Waals surface area (Å²) >= 11 is 12.4. The van der Waals surface area contributed by atoms with Crippen LogP contribution in [0.4, 0.5) is 11.6 Å². The van der Waals surface area contributed by atoms with Crippen molar-refractivity contribution in [2.75, 3.05) is 4.90 Å². The third kappa shape index (κ3) is 5.43. The van der Waals surface area contributed by atoms with E-state index in [1.165, 1.54) is 33.9 Å². The van der Waals surface area contributed by atoms with E-state index in [1.807, 2.05) is 6.07 Å². The number of halogens is 2. The number of aromatic nitrogens is 2. The fourth-order valence-corrected chi connectivity index (χ4v) is 5.01. The van der Waals surface area contributed by atoms with Crippen molar-refractivity contribution in [2.45, 2.75) is 37.8 Å². The first-order valence-electron chi connectivity index (χ1n) is 11.6. The maximum atomic E-state index is 14.0. The van der Waals surface area contributed by atoms with Crippen LogP contribution in [0.15, 0.2) is 48.7 Å². The van der Waals surface area contributed by atoms with E-state index in [2.05, 4.69) is 10.3 Å². The summed E-state index contributed by atoms with van der Waals surface area (Å²) in [5, 5.41) is 21.6. The highest BCUT2D eigenvalue weighted by Gasteiger charge is 2.51. The molecule has 0 saturated heterocycles. The molecule has 39 heavy (non-hydrogen) atoms. The number of hydrogen-bond acceptors (Lipinski definition) is 6. The largest absolute Gasteiger partial charge is 0.480 e. The normalized spacial score (nSPS) is 16.9. The van der Waals surface area contributed by atoms with Gasteiger partial charge in [-0.05, 0) is 49.2 Å². The average molecular weight is 569 g/mol. The van der Waals surface area contributed by atoms with Crippen molar-refractivity contribution >= 4 is 58.5 Å². The Morgan fingerprint density at radius 2 is 1.82 bits per heavy atom. The van der Waals surface area contributed by atoms with E-state index < -0.39 is 35.3 Å². The molecule has 1 aromatic heterocycles. The fourth-order valence-electron chi connectivity index (χ4n) is 4.50. The van der Waals surface area contributed by atoms with Gasteiger partial charge >= 0.3 is 5.97 Å². The maximum Gasteiger partial charge on any atom is 0.326 e. The number of benzene rings is 2. The molecule has 0 fully saturated rings. The highest BCUT2D eigenvalue weighted by atomic mass is 35.5. The summed E-state index contributed by atoms with van der Waals surface area (Å²) in [4.78, 5) is 55.9. The number of rotatable bonds is 9. The number of amides is 3. The Kier molecular flexibility index (Phi) is 7.63. The van der Waals surface area contributed by atoms with Gasteiger partial charge in [-0.3, -0.25) is 19.0 Å². The van der Waals surface area contributed by atoms with Crippen LogP contribution in [-0.4, -0.2) is 44.4 Å². The molecule has 13 heteroatoms. The van der Waals surface area contributed by atoms with Crippen LogP contribution in [0.1, 0.15) is 41.4 Å². The predicted octanol–water partition coefficient (Wildman–Crippen LogP) is 3.15. The number of carboxylic acids is 1. The molecule has 2 atom stereocenters. The van der Waals surface area contributed by atoms with E-state index in [1.54, 1.807) is 31.2 Å². The van der Waals surface area contributed by atoms with Crippen molar-refractivity contribution in [3.05, 3.63) is 75.5 Å². The Morgan fingerprint density at radius 1 is 1.18 bits per heavy atom. The summed E-state index contributed by atoms with van der Waals surface area (Å²) in [6.07, 6.45) is 0.877. The SMILES string of the molecule is CC1(Cc2ccc(C#N)cc2)C(=O)N(c2cc(Cl)cc(Cl)c2)c2ncc(C(=O)NC(CCC(N)=O)C(=O)O)n21. The molecular formula is C26H22Cl2N6O5. The summed E-state index contributed by atoms with van der Waals surface area (Å²) < 4.78 is 1.44. The molecule has 2 heterocycles. The Bertz CT molecular complexity index is 1510. The molecule has 4 N–H and O–H groups in total. The standard InChI is InChI=1S/C26H22Cl2N6O5/c1-26(11-14-2-4-15(12-29)5-3-14)24(39)33(18-9-16(27)8-17(28)10-18)25-31-13-20(34(25)26)22(36)32-19(23(37)38)6-7-21(30)35/h2-5,8-10,13,19H,6-7,11H2,1H3,(H2,30,35)(H,32,36)(H,37,38). The van der Waals surface area contributed by atoms with Crippen LogP contribution in [0, 0.1) is 11.3 Å². The fraction of sp³-hybridized carbons (Fsp3) is 0.231. The van der Waals surface area contributed by atoms with E-state index in [-0.39, 0.29) is 40.9 Å². The minimum absolute atomic E-state index is 0.0737. The van der Waals surface area contributed by atoms with Crippen molar-refractivity contribution in [3.63, 3.8) is 0 Å². The Hall–Kier alpha value is -4.40. The first-order valence-corrected chi connectivity index (χ1v) is 12.4. The molecule has 200 valence electrons. The van der Waals surface area contributed by atoms with Crippen LogP contribution in [0.3, 0.4) is 0 Å². The number of imidazole rings is 1. The van der Waals surface area contributed by atoms with Gasteiger partial charge in [0.2, 0.25) is 11.9 Å². The average Bonchev–Trinajstić information content (AvgIpc) is 3.39. The first-order chi connectivity index (χ1) is 18.4. The topological polar surface area (TPSA) is 171 Å². The van der Waals surface area contributed by atoms with E-state index in [4.69, 9.17) is 34.2 Å². The molecule has 0 bridgehead atoms. The molecule has 0 spiro atoms. The number of hydrogen-bond donors (Lipinski definition) is 3. The van der Waals surface area contributed by atoms with Crippen LogP contribution in [0.2, 0.25) is 10.0 Å². The number of aliphatic carboxylic acids is 1. The van der Waals surface area contributed by atoms with Crippen LogP contribution in [0.5, 0.6) is 0 Å². The number of nitriles is 1. The Labute approximate surface area is 232 Å². The summed E-state index contributed by atoms with van der Waals surface area (Å²) in [5.74, 6) is -3.21. The molecule has 0 radical (unpaired) electrons. The van der Waals surface area contributed by atoms with Crippen LogP contribution < -0.4 is 16.0 Å². The monoisotopic (exact) mass is 568 g/mol. The number of primary amides is 1. The van der Waals surface area contributed by atoms with Gasteiger partial charge < -0.3 is 16.2 Å². The number of carbonyl (C=O) groups excluding carboxylic acids is 3. The van der Waals surface area contributed by atoms with Gasteiger partial charge in [0.1, 0.15) is 17.3 Å². The second kappa shape index (κ2) is 10.8. The predicted molar refractivity (Wildman–Crippen MR) is 142 cm³/mol. The van der Waals surface area contributed by atoms with Crippen molar-refractivity contribution in [3.8, 4) is 6.07 Å². The van der Waals surface area contributed by atoms with Gasteiger partial charge in [0.25, 0.3) is 11.8 Å². The third-order valence-corrected chi connectivity index (χ3v) is 6.79. The highest BCUT2D eigenvalue weighted by molar-refractivity contribution is 6.35. The van der Waals surface area contributed by atoms with Gasteiger partial charge in [-0.15, -0.1) is 0 Å². The molecule has 11 nitrogen and oxygen atoms in total. The second-order valence-corrected chi connectivity index (χ2v) is 10.0. The van der Waals surface area contributed by atoms with E-state index in [9.17, 15) is 24.3 Å². The minimum atomic E-state index is -1.40. The number of nitrogens with one attached hydrogen (secondary N) is 1. The molecule has 0 saturated carbocycles. The lowest BCUT2D eigenvalue weighted by Gasteiger charge is -2.27. The molecule has 0 aliphatic carbocycles. The summed E-state index contributed by atoms with van der Waals surface area (Å²) in [6.45, 7) is 1.63. The van der Waals surface area contributed by atoms with Gasteiger partial charge in [0.15, 0.2) is 0 Å². The first kappa shape index (κ1) is 27.6. The molecule has 3 aromatic rings. The lowest BCUT2D eigenvalue weighted by atomic mass is 9.91. The number of anilines is 2. The van der Waals surface area contributed by atoms with Crippen LogP contribution in [-0.2, 0) is 26.3 Å². The molecule has 2 unspecified atom stereocenters. The van der Waals surface area contributed by atoms with Crippen molar-refractivity contribution < 1.29 is 24.3 Å². The van der Waals surface area contributed by atoms with E-state index in [0.717, 1.165) is 0 Å². The lowest BCUT2D eigenvalue weighted by Crippen LogP contribution is -2.45. The van der Waals surface area contributed by atoms with Crippen molar-refractivity contribution in [1.29, 1.82) is 5.26 Å². The Morgan fingerprint density at radius 3 is 2.38 bits per heavy atom. The van der Waals surface area contributed by atoms with Crippen LogP contribution >= 0.6 is 23.2 Å². The number of carbonyl (C=O) groups is 4. The van der Waals surface area contributed by atoms with E-state index in [0.29, 0.717) is 16.8 Å². The van der Waals surface area contributed by atoms with E-state index >= 15 is 0 Å². The molecule has 1 aliphatic rings. The van der Waals surface area contributed by atoms with Gasteiger partial charge in [-0.2, -0.15) is 5.26 Å². The quantitative estimate of drug-likeness (QED) is 0.355. The van der Waals surface area contributed by atoms with Gasteiger partial charge in [0.05, 0.1) is 23.5 Å². The molecular weight excluding hydrogens is 547 g/mol. The number of nitrogens with two attached hydrogens (primary N) is 1. The van der Waals surface area contributed by atoms with Gasteiger partial charge in [-0.25, -0.2) is 14.7 Å². The van der Waals surface area contributed by atoms with Gasteiger partial charge in [0, 0.05) is 22.9 Å². The highest BCUT2D eigenvalue weighted by Crippen LogP contribution is 2.43. The third-order valence-electron chi connectivity index (χ3n) is 6.35. The second-order valence-electron chi connectivity index (χ2n) is 9.18. The van der Waals surface area contributed by atoms with Crippen LogP contribution in [0.25, 0.3) is 0 Å². The molecule has 3 amide bonds.